The van der Waals surface area contributed by atoms with E-state index in [-0.39, 0.29) is 5.60 Å². The van der Waals surface area contributed by atoms with Crippen LogP contribution in [-0.4, -0.2) is 77.1 Å². The van der Waals surface area contributed by atoms with Crippen LogP contribution in [0.1, 0.15) is 45.4 Å². The van der Waals surface area contributed by atoms with E-state index in [0.29, 0.717) is 6.10 Å². The molecule has 4 fully saturated rings. The second-order valence-electron chi connectivity index (χ2n) is 10.3. The van der Waals surface area contributed by atoms with Crippen molar-refractivity contribution in [1.82, 2.24) is 13.0 Å². The highest BCUT2D eigenvalue weighted by Crippen LogP contribution is 2.36. The van der Waals surface area contributed by atoms with Gasteiger partial charge in [-0.05, 0) is 56.4 Å². The molecule has 172 valence electrons. The number of hydrogen-bond acceptors (Lipinski definition) is 6. The number of anilines is 1. The van der Waals surface area contributed by atoms with Gasteiger partial charge >= 0.3 is 0 Å². The summed E-state index contributed by atoms with van der Waals surface area (Å²) < 4.78 is 14.9. The average molecular weight is 540 g/mol. The van der Waals surface area contributed by atoms with Crippen LogP contribution in [0.2, 0.25) is 0 Å². The van der Waals surface area contributed by atoms with Gasteiger partial charge in [0.15, 0.2) is 0 Å². The standard InChI is InChI=1S/C24H37IN4O2/c1-19-3-8-28(9-4-19)21-2-7-26-23(16-21)31-22-14-20(15-22)17-27-12-13-30-24(18-27)5-10-29(25)11-6-24/h2,7,16,19-20,22H,3-6,8-15,17-18H2,1H3. The smallest absolute Gasteiger partial charge is 0.215 e. The van der Waals surface area contributed by atoms with Gasteiger partial charge in [-0.25, -0.2) is 8.10 Å². The minimum atomic E-state index is 0.107. The monoisotopic (exact) mass is 540 g/mol. The minimum Gasteiger partial charge on any atom is -0.474 e. The van der Waals surface area contributed by atoms with Crippen LogP contribution in [0.5, 0.6) is 5.88 Å². The van der Waals surface area contributed by atoms with Crippen molar-refractivity contribution < 1.29 is 9.47 Å². The largest absolute Gasteiger partial charge is 0.474 e. The van der Waals surface area contributed by atoms with Gasteiger partial charge in [0.1, 0.15) is 6.10 Å². The highest BCUT2D eigenvalue weighted by atomic mass is 127. The molecule has 1 aliphatic carbocycles. The fourth-order valence-corrected chi connectivity index (χ4v) is 6.13. The fraction of sp³-hybridized carbons (Fsp3) is 0.792. The van der Waals surface area contributed by atoms with Gasteiger partial charge in [-0.1, -0.05) is 6.92 Å². The van der Waals surface area contributed by atoms with Crippen molar-refractivity contribution in [1.29, 1.82) is 0 Å². The van der Waals surface area contributed by atoms with E-state index in [1.165, 1.54) is 37.9 Å². The number of halogens is 1. The summed E-state index contributed by atoms with van der Waals surface area (Å²) in [6.07, 6.45) is 9.43. The summed E-state index contributed by atoms with van der Waals surface area (Å²) in [5.74, 6) is 2.40. The number of aromatic nitrogens is 1. The van der Waals surface area contributed by atoms with Gasteiger partial charge in [0.2, 0.25) is 5.88 Å². The maximum absolute atomic E-state index is 6.28. The first-order chi connectivity index (χ1) is 15.1. The molecule has 0 atom stereocenters. The molecule has 1 aromatic heterocycles. The van der Waals surface area contributed by atoms with Crippen molar-refractivity contribution in [3.63, 3.8) is 0 Å². The van der Waals surface area contributed by atoms with Gasteiger partial charge in [-0.2, -0.15) is 0 Å². The molecule has 5 rings (SSSR count). The first kappa shape index (κ1) is 22.2. The number of piperidine rings is 2. The molecule has 6 nitrogen and oxygen atoms in total. The molecule has 31 heavy (non-hydrogen) atoms. The molecular weight excluding hydrogens is 503 g/mol. The Morgan fingerprint density at radius 3 is 2.71 bits per heavy atom. The molecular formula is C24H37IN4O2. The summed E-state index contributed by atoms with van der Waals surface area (Å²) in [6, 6.07) is 4.28. The lowest BCUT2D eigenvalue weighted by atomic mass is 9.81. The number of nitrogens with zero attached hydrogens (tertiary/aromatic N) is 4. The summed E-state index contributed by atoms with van der Waals surface area (Å²) in [6.45, 7) is 11.2. The molecule has 7 heteroatoms. The molecule has 1 spiro atoms. The Labute approximate surface area is 201 Å². The van der Waals surface area contributed by atoms with Crippen molar-refractivity contribution in [3.05, 3.63) is 18.3 Å². The summed E-state index contributed by atoms with van der Waals surface area (Å²) >= 11 is 2.45. The summed E-state index contributed by atoms with van der Waals surface area (Å²) in [5, 5.41) is 0. The second kappa shape index (κ2) is 9.69. The van der Waals surface area contributed by atoms with Crippen molar-refractivity contribution in [3.8, 4) is 5.88 Å². The van der Waals surface area contributed by atoms with Crippen LogP contribution in [0.15, 0.2) is 18.3 Å². The lowest BCUT2D eigenvalue weighted by molar-refractivity contribution is -0.133. The maximum Gasteiger partial charge on any atom is 0.215 e. The number of rotatable bonds is 5. The van der Waals surface area contributed by atoms with Crippen LogP contribution >= 0.6 is 22.9 Å². The maximum atomic E-state index is 6.28. The third kappa shape index (κ3) is 5.47. The highest BCUT2D eigenvalue weighted by Gasteiger charge is 2.41. The number of pyridine rings is 1. The Bertz CT molecular complexity index is 728. The molecule has 4 heterocycles. The Morgan fingerprint density at radius 1 is 1.16 bits per heavy atom. The quantitative estimate of drug-likeness (QED) is 0.416. The number of ether oxygens (including phenoxy) is 2. The first-order valence-corrected chi connectivity index (χ1v) is 13.2. The van der Waals surface area contributed by atoms with Crippen LogP contribution in [0, 0.1) is 11.8 Å². The molecule has 0 aromatic carbocycles. The molecule has 0 N–H and O–H groups in total. The van der Waals surface area contributed by atoms with Gasteiger partial charge in [0, 0.05) is 86.6 Å². The lowest BCUT2D eigenvalue weighted by Crippen LogP contribution is -2.57. The van der Waals surface area contributed by atoms with Crippen molar-refractivity contribution >= 4 is 28.6 Å². The summed E-state index contributed by atoms with van der Waals surface area (Å²) in [4.78, 5) is 9.63. The molecule has 0 amide bonds. The van der Waals surface area contributed by atoms with E-state index in [0.717, 1.165) is 76.4 Å². The first-order valence-electron chi connectivity index (χ1n) is 12.2. The normalized spacial score (nSPS) is 30.3. The van der Waals surface area contributed by atoms with Crippen molar-refractivity contribution in [2.24, 2.45) is 11.8 Å². The van der Waals surface area contributed by atoms with Gasteiger partial charge in [-0.15, -0.1) is 0 Å². The van der Waals surface area contributed by atoms with E-state index < -0.39 is 0 Å². The molecule has 1 aromatic rings. The van der Waals surface area contributed by atoms with E-state index in [9.17, 15) is 0 Å². The summed E-state index contributed by atoms with van der Waals surface area (Å²) in [5.41, 5.74) is 1.37. The predicted octanol–water partition coefficient (Wildman–Crippen LogP) is 3.99. The highest BCUT2D eigenvalue weighted by molar-refractivity contribution is 14.1. The van der Waals surface area contributed by atoms with Crippen LogP contribution in [-0.2, 0) is 4.74 Å². The Balaban J connectivity index is 1.07. The molecule has 1 saturated carbocycles. The van der Waals surface area contributed by atoms with Crippen LogP contribution in [0.4, 0.5) is 5.69 Å². The van der Waals surface area contributed by atoms with Gasteiger partial charge in [0.05, 0.1) is 12.2 Å². The molecule has 4 aliphatic rings. The molecule has 0 unspecified atom stereocenters. The molecule has 0 radical (unpaired) electrons. The van der Waals surface area contributed by atoms with E-state index in [1.54, 1.807) is 0 Å². The topological polar surface area (TPSA) is 41.1 Å². The van der Waals surface area contributed by atoms with Gasteiger partial charge < -0.3 is 14.4 Å². The Kier molecular flexibility index (Phi) is 6.93. The average Bonchev–Trinajstić information content (AvgIpc) is 2.75. The van der Waals surface area contributed by atoms with E-state index in [1.807, 2.05) is 6.20 Å². The zero-order chi connectivity index (χ0) is 21.3. The van der Waals surface area contributed by atoms with Gasteiger partial charge in [0.25, 0.3) is 0 Å². The second-order valence-corrected chi connectivity index (χ2v) is 11.6. The van der Waals surface area contributed by atoms with E-state index in [4.69, 9.17) is 9.47 Å². The lowest BCUT2D eigenvalue weighted by Gasteiger charge is -2.48. The van der Waals surface area contributed by atoms with Crippen LogP contribution in [0.25, 0.3) is 0 Å². The van der Waals surface area contributed by atoms with Crippen molar-refractivity contribution in [2.75, 3.05) is 57.3 Å². The third-order valence-corrected chi connectivity index (χ3v) is 8.78. The van der Waals surface area contributed by atoms with Crippen LogP contribution in [0.3, 0.4) is 0 Å². The zero-order valence-corrected chi connectivity index (χ0v) is 21.0. The Morgan fingerprint density at radius 2 is 1.94 bits per heavy atom. The molecule has 0 bridgehead atoms. The van der Waals surface area contributed by atoms with E-state index in [2.05, 4.69) is 59.8 Å². The predicted molar refractivity (Wildman–Crippen MR) is 132 cm³/mol. The van der Waals surface area contributed by atoms with Gasteiger partial charge in [-0.3, -0.25) is 4.90 Å². The Hall–Kier alpha value is -0.640. The molecule has 3 aliphatic heterocycles. The molecule has 3 saturated heterocycles. The van der Waals surface area contributed by atoms with Crippen molar-refractivity contribution in [2.45, 2.75) is 57.2 Å². The fourth-order valence-electron chi connectivity index (χ4n) is 5.65. The third-order valence-electron chi connectivity index (χ3n) is 7.81. The van der Waals surface area contributed by atoms with Crippen LogP contribution < -0.4 is 9.64 Å². The summed E-state index contributed by atoms with van der Waals surface area (Å²) in [7, 11) is 0. The number of morpholine rings is 1. The zero-order valence-electron chi connectivity index (χ0n) is 18.8. The SMILES string of the molecule is CC1CCN(c2ccnc(OC3CC(CN4CCOC5(CCN(I)CC5)C4)C3)c2)CC1. The van der Waals surface area contributed by atoms with E-state index >= 15 is 0 Å². The number of hydrogen-bond donors (Lipinski definition) is 0. The minimum absolute atomic E-state index is 0.107.